The van der Waals surface area contributed by atoms with Crippen molar-refractivity contribution >= 4 is 23.0 Å². The summed E-state index contributed by atoms with van der Waals surface area (Å²) in [5.41, 5.74) is 5.04. The summed E-state index contributed by atoms with van der Waals surface area (Å²) >= 11 is 0. The Morgan fingerprint density at radius 2 is 1.95 bits per heavy atom. The van der Waals surface area contributed by atoms with Crippen LogP contribution in [0.4, 0.5) is 21.5 Å². The lowest BCUT2D eigenvalue weighted by Gasteiger charge is -2.07. The summed E-state index contributed by atoms with van der Waals surface area (Å²) in [6.45, 7) is 0. The van der Waals surface area contributed by atoms with Crippen LogP contribution in [0.3, 0.4) is 0 Å². The molecule has 0 aliphatic rings. The number of nitrogens with two attached hydrogens (primary N) is 1. The van der Waals surface area contributed by atoms with Gasteiger partial charge in [0, 0.05) is 11.8 Å². The van der Waals surface area contributed by atoms with E-state index in [1.165, 1.54) is 36.4 Å². The Morgan fingerprint density at radius 1 is 1.25 bits per heavy atom. The average Bonchev–Trinajstić information content (AvgIpc) is 2.40. The number of halogens is 1. The maximum atomic E-state index is 13.4. The summed E-state index contributed by atoms with van der Waals surface area (Å²) in [5.74, 6) is -1.43. The SMILES string of the molecule is Nc1ccc([N+](=O)[O-])c(C(=O)Nc2ccccc2F)c1. The van der Waals surface area contributed by atoms with Gasteiger partial charge in [-0.05, 0) is 24.3 Å². The Hall–Kier alpha value is -2.96. The zero-order valence-electron chi connectivity index (χ0n) is 10.2. The van der Waals surface area contributed by atoms with Crippen LogP contribution in [0.25, 0.3) is 0 Å². The van der Waals surface area contributed by atoms with Gasteiger partial charge in [-0.25, -0.2) is 4.39 Å². The molecule has 7 heteroatoms. The minimum atomic E-state index is -0.797. The lowest BCUT2D eigenvalue weighted by Crippen LogP contribution is -2.15. The highest BCUT2D eigenvalue weighted by Crippen LogP contribution is 2.23. The molecule has 1 amide bonds. The van der Waals surface area contributed by atoms with Crippen molar-refractivity contribution in [2.75, 3.05) is 11.1 Å². The van der Waals surface area contributed by atoms with Gasteiger partial charge in [-0.15, -0.1) is 0 Å². The van der Waals surface area contributed by atoms with Crippen LogP contribution in [0, 0.1) is 15.9 Å². The lowest BCUT2D eigenvalue weighted by molar-refractivity contribution is -0.385. The number of carbonyl (C=O) groups is 1. The molecule has 0 spiro atoms. The third-order valence-corrected chi connectivity index (χ3v) is 2.58. The monoisotopic (exact) mass is 275 g/mol. The number of amides is 1. The molecule has 20 heavy (non-hydrogen) atoms. The van der Waals surface area contributed by atoms with Crippen LogP contribution >= 0.6 is 0 Å². The third-order valence-electron chi connectivity index (χ3n) is 2.58. The molecule has 3 N–H and O–H groups in total. The first-order valence-corrected chi connectivity index (χ1v) is 5.59. The minimum Gasteiger partial charge on any atom is -0.399 e. The van der Waals surface area contributed by atoms with E-state index >= 15 is 0 Å². The van der Waals surface area contributed by atoms with Crippen LogP contribution < -0.4 is 11.1 Å². The predicted octanol–water partition coefficient (Wildman–Crippen LogP) is 2.57. The van der Waals surface area contributed by atoms with E-state index in [2.05, 4.69) is 5.32 Å². The van der Waals surface area contributed by atoms with Crippen molar-refractivity contribution in [2.45, 2.75) is 0 Å². The van der Waals surface area contributed by atoms with Crippen LogP contribution in [0.5, 0.6) is 0 Å². The van der Waals surface area contributed by atoms with Crippen molar-refractivity contribution in [3.05, 3.63) is 64.0 Å². The van der Waals surface area contributed by atoms with E-state index in [9.17, 15) is 19.3 Å². The summed E-state index contributed by atoms with van der Waals surface area (Å²) in [6.07, 6.45) is 0. The minimum absolute atomic E-state index is 0.0609. The fourth-order valence-electron chi connectivity index (χ4n) is 1.65. The fourth-order valence-corrected chi connectivity index (χ4v) is 1.65. The van der Waals surface area contributed by atoms with Crippen molar-refractivity contribution in [2.24, 2.45) is 0 Å². The Bertz CT molecular complexity index is 688. The number of nitrogens with zero attached hydrogens (tertiary/aromatic N) is 1. The van der Waals surface area contributed by atoms with Crippen LogP contribution in [0.15, 0.2) is 42.5 Å². The van der Waals surface area contributed by atoms with Crippen LogP contribution in [-0.4, -0.2) is 10.8 Å². The molecule has 0 aliphatic heterocycles. The molecule has 2 aromatic carbocycles. The van der Waals surface area contributed by atoms with Crippen molar-refractivity contribution in [3.8, 4) is 0 Å². The largest absolute Gasteiger partial charge is 0.399 e. The Kier molecular flexibility index (Phi) is 3.60. The van der Waals surface area contributed by atoms with Gasteiger partial charge in [-0.1, -0.05) is 12.1 Å². The highest BCUT2D eigenvalue weighted by atomic mass is 19.1. The van der Waals surface area contributed by atoms with Gasteiger partial charge in [0.1, 0.15) is 11.4 Å². The molecule has 0 aliphatic carbocycles. The second kappa shape index (κ2) is 5.35. The van der Waals surface area contributed by atoms with Gasteiger partial charge >= 0.3 is 0 Å². The molecule has 0 saturated heterocycles. The van der Waals surface area contributed by atoms with Crippen molar-refractivity contribution < 1.29 is 14.1 Å². The molecule has 0 atom stereocenters. The molecule has 0 aromatic heterocycles. The number of nitro benzene ring substituents is 1. The summed E-state index contributed by atoms with van der Waals surface area (Å²) < 4.78 is 13.4. The van der Waals surface area contributed by atoms with Gasteiger partial charge < -0.3 is 11.1 Å². The molecule has 2 aromatic rings. The quantitative estimate of drug-likeness (QED) is 0.511. The van der Waals surface area contributed by atoms with Crippen molar-refractivity contribution in [1.29, 1.82) is 0 Å². The summed E-state index contributed by atoms with van der Waals surface area (Å²) in [4.78, 5) is 22.2. The predicted molar refractivity (Wildman–Crippen MR) is 71.9 cm³/mol. The van der Waals surface area contributed by atoms with Crippen molar-refractivity contribution in [3.63, 3.8) is 0 Å². The van der Waals surface area contributed by atoms with Gasteiger partial charge in [-0.2, -0.15) is 0 Å². The van der Waals surface area contributed by atoms with Crippen molar-refractivity contribution in [1.82, 2.24) is 0 Å². The Balaban J connectivity index is 2.37. The summed E-state index contributed by atoms with van der Waals surface area (Å²) in [6, 6.07) is 9.15. The zero-order chi connectivity index (χ0) is 14.7. The molecular formula is C13H10FN3O3. The zero-order valence-corrected chi connectivity index (χ0v) is 10.2. The molecular weight excluding hydrogens is 265 g/mol. The van der Waals surface area contributed by atoms with E-state index in [4.69, 9.17) is 5.73 Å². The second-order valence-electron chi connectivity index (χ2n) is 3.97. The van der Waals surface area contributed by atoms with Gasteiger partial charge in [-0.3, -0.25) is 14.9 Å². The number of nitrogens with one attached hydrogen (secondary N) is 1. The smallest absolute Gasteiger partial charge is 0.282 e. The number of hydrogen-bond acceptors (Lipinski definition) is 4. The maximum Gasteiger partial charge on any atom is 0.282 e. The first-order chi connectivity index (χ1) is 9.49. The van der Waals surface area contributed by atoms with E-state index < -0.39 is 22.3 Å². The normalized spacial score (nSPS) is 10.1. The lowest BCUT2D eigenvalue weighted by atomic mass is 10.1. The third kappa shape index (κ3) is 2.72. The maximum absolute atomic E-state index is 13.4. The Labute approximate surface area is 113 Å². The molecule has 102 valence electrons. The molecule has 0 heterocycles. The number of para-hydroxylation sites is 1. The molecule has 2 rings (SSSR count). The molecule has 0 saturated carbocycles. The van der Waals surface area contributed by atoms with Gasteiger partial charge in [0.05, 0.1) is 10.6 Å². The fraction of sp³-hybridized carbons (Fsp3) is 0. The van der Waals surface area contributed by atoms with Crippen LogP contribution in [-0.2, 0) is 0 Å². The van der Waals surface area contributed by atoms with Crippen LogP contribution in [0.1, 0.15) is 10.4 Å². The number of hydrogen-bond donors (Lipinski definition) is 2. The van der Waals surface area contributed by atoms with E-state index in [1.807, 2.05) is 0 Å². The van der Waals surface area contributed by atoms with Gasteiger partial charge in [0.15, 0.2) is 0 Å². The Morgan fingerprint density at radius 3 is 2.60 bits per heavy atom. The average molecular weight is 275 g/mol. The molecule has 0 unspecified atom stereocenters. The molecule has 0 bridgehead atoms. The first kappa shape index (κ1) is 13.5. The summed E-state index contributed by atoms with van der Waals surface area (Å²) in [7, 11) is 0. The van der Waals surface area contributed by atoms with Gasteiger partial charge in [0.2, 0.25) is 0 Å². The number of nitro groups is 1. The molecule has 0 fully saturated rings. The van der Waals surface area contributed by atoms with Crippen LogP contribution in [0.2, 0.25) is 0 Å². The highest BCUT2D eigenvalue weighted by molar-refractivity contribution is 6.07. The van der Waals surface area contributed by atoms with E-state index in [0.29, 0.717) is 0 Å². The topological polar surface area (TPSA) is 98.3 Å². The molecule has 6 nitrogen and oxygen atoms in total. The number of benzene rings is 2. The number of carbonyl (C=O) groups excluding carboxylic acids is 1. The first-order valence-electron chi connectivity index (χ1n) is 5.59. The molecule has 0 radical (unpaired) electrons. The number of rotatable bonds is 3. The van der Waals surface area contributed by atoms with E-state index in [-0.39, 0.29) is 16.9 Å². The summed E-state index contributed by atoms with van der Waals surface area (Å²) in [5, 5.41) is 13.1. The highest BCUT2D eigenvalue weighted by Gasteiger charge is 2.21. The van der Waals surface area contributed by atoms with Gasteiger partial charge in [0.25, 0.3) is 11.6 Å². The second-order valence-corrected chi connectivity index (χ2v) is 3.97. The van der Waals surface area contributed by atoms with E-state index in [1.54, 1.807) is 0 Å². The standard InChI is InChI=1S/C13H10FN3O3/c14-10-3-1-2-4-11(10)16-13(18)9-7-8(15)5-6-12(9)17(19)20/h1-7H,15H2,(H,16,18). The van der Waals surface area contributed by atoms with E-state index in [0.717, 1.165) is 6.07 Å². The number of anilines is 2. The number of nitrogen functional groups attached to an aromatic ring is 1.